The molecule has 0 saturated heterocycles. The van der Waals surface area contributed by atoms with E-state index in [1.54, 1.807) is 10.9 Å². The van der Waals surface area contributed by atoms with E-state index in [-0.39, 0.29) is 18.2 Å². The lowest BCUT2D eigenvalue weighted by atomic mass is 10.1. The smallest absolute Gasteiger partial charge is 0.186 e. The fourth-order valence-electron chi connectivity index (χ4n) is 1.98. The minimum absolute atomic E-state index is 0.0181. The van der Waals surface area contributed by atoms with Crippen LogP contribution in [0, 0.1) is 11.6 Å². The van der Waals surface area contributed by atoms with Gasteiger partial charge in [-0.05, 0) is 47.5 Å². The normalized spacial score (nSPS) is 11.1. The molecule has 1 aromatic carbocycles. The van der Waals surface area contributed by atoms with E-state index in [0.717, 1.165) is 18.2 Å². The quantitative estimate of drug-likeness (QED) is 0.789. The van der Waals surface area contributed by atoms with Crippen LogP contribution in [0.2, 0.25) is 0 Å². The largest absolute Gasteiger partial charge is 0.292 e. The first-order valence-corrected chi connectivity index (χ1v) is 6.89. The predicted octanol–water partition coefficient (Wildman–Crippen LogP) is 3.93. The summed E-state index contributed by atoms with van der Waals surface area (Å²) < 4.78 is 28.4. The molecule has 0 saturated carbocycles. The number of hydrogen-bond acceptors (Lipinski definition) is 2. The highest BCUT2D eigenvalue weighted by atomic mass is 79.9. The van der Waals surface area contributed by atoms with Crippen LogP contribution in [0.15, 0.2) is 28.9 Å². The monoisotopic (exact) mass is 342 g/mol. The number of aromatic nitrogens is 2. The zero-order chi connectivity index (χ0) is 14.9. The summed E-state index contributed by atoms with van der Waals surface area (Å²) in [6.45, 7) is 3.80. The first-order valence-electron chi connectivity index (χ1n) is 6.09. The van der Waals surface area contributed by atoms with Crippen molar-refractivity contribution in [2.75, 3.05) is 0 Å². The molecule has 0 unspecified atom stereocenters. The molecule has 6 heteroatoms. The second-order valence-corrected chi connectivity index (χ2v) is 5.61. The molecule has 106 valence electrons. The molecule has 0 N–H and O–H groups in total. The van der Waals surface area contributed by atoms with Crippen molar-refractivity contribution in [3.63, 3.8) is 0 Å². The Morgan fingerprint density at radius 3 is 2.45 bits per heavy atom. The standard InChI is InChI=1S/C14H13BrF2N2O/c1-8(2)19-14(12(15)7-18-19)13(20)5-9-3-10(16)6-11(17)4-9/h3-4,6-8H,5H2,1-2H3. The molecule has 2 aromatic rings. The molecule has 0 fully saturated rings. The van der Waals surface area contributed by atoms with Crippen molar-refractivity contribution in [3.8, 4) is 0 Å². The Morgan fingerprint density at radius 1 is 1.30 bits per heavy atom. The molecule has 0 spiro atoms. The van der Waals surface area contributed by atoms with Crippen LogP contribution >= 0.6 is 15.9 Å². The molecule has 0 aliphatic heterocycles. The summed E-state index contributed by atoms with van der Waals surface area (Å²) in [6, 6.07) is 3.11. The number of halogens is 3. The van der Waals surface area contributed by atoms with E-state index in [0.29, 0.717) is 15.7 Å². The summed E-state index contributed by atoms with van der Waals surface area (Å²) in [5.41, 5.74) is 0.709. The van der Waals surface area contributed by atoms with Crippen molar-refractivity contribution in [1.82, 2.24) is 9.78 Å². The van der Waals surface area contributed by atoms with Crippen molar-refractivity contribution in [2.24, 2.45) is 0 Å². The van der Waals surface area contributed by atoms with Gasteiger partial charge in [0.05, 0.1) is 10.7 Å². The van der Waals surface area contributed by atoms with Gasteiger partial charge in [-0.15, -0.1) is 0 Å². The van der Waals surface area contributed by atoms with E-state index in [2.05, 4.69) is 21.0 Å². The summed E-state index contributed by atoms with van der Waals surface area (Å²) in [6.07, 6.45) is 1.46. The molecular weight excluding hydrogens is 330 g/mol. The van der Waals surface area contributed by atoms with Gasteiger partial charge >= 0.3 is 0 Å². The van der Waals surface area contributed by atoms with E-state index in [9.17, 15) is 13.6 Å². The van der Waals surface area contributed by atoms with Gasteiger partial charge in [-0.1, -0.05) is 0 Å². The van der Waals surface area contributed by atoms with E-state index in [1.165, 1.54) is 0 Å². The molecule has 0 bridgehead atoms. The van der Waals surface area contributed by atoms with Gasteiger partial charge in [0.2, 0.25) is 0 Å². The molecule has 0 amide bonds. The zero-order valence-corrected chi connectivity index (χ0v) is 12.6. The summed E-state index contributed by atoms with van der Waals surface area (Å²) in [5, 5.41) is 4.11. The molecule has 3 nitrogen and oxygen atoms in total. The van der Waals surface area contributed by atoms with Gasteiger partial charge in [0.1, 0.15) is 17.3 Å². The van der Waals surface area contributed by atoms with Crippen molar-refractivity contribution < 1.29 is 13.6 Å². The lowest BCUT2D eigenvalue weighted by Crippen LogP contribution is -2.15. The summed E-state index contributed by atoms with van der Waals surface area (Å²) in [7, 11) is 0. The van der Waals surface area contributed by atoms with Gasteiger partial charge in [-0.3, -0.25) is 9.48 Å². The highest BCUT2D eigenvalue weighted by Gasteiger charge is 2.19. The summed E-state index contributed by atoms with van der Waals surface area (Å²) in [4.78, 5) is 12.3. The summed E-state index contributed by atoms with van der Waals surface area (Å²) in [5.74, 6) is -1.62. The Balaban J connectivity index is 2.31. The van der Waals surface area contributed by atoms with Crippen LogP contribution < -0.4 is 0 Å². The molecule has 0 aliphatic carbocycles. The third kappa shape index (κ3) is 3.12. The van der Waals surface area contributed by atoms with Gasteiger partial charge in [-0.2, -0.15) is 5.10 Å². The van der Waals surface area contributed by atoms with Crippen molar-refractivity contribution >= 4 is 21.7 Å². The number of hydrogen-bond donors (Lipinski definition) is 0. The number of carbonyl (C=O) groups is 1. The van der Waals surface area contributed by atoms with E-state index in [4.69, 9.17) is 0 Å². The predicted molar refractivity (Wildman–Crippen MR) is 74.7 cm³/mol. The van der Waals surface area contributed by atoms with Crippen LogP contribution in [-0.4, -0.2) is 15.6 Å². The minimum atomic E-state index is -0.691. The van der Waals surface area contributed by atoms with Gasteiger partial charge in [0.15, 0.2) is 5.78 Å². The Bertz CT molecular complexity index is 632. The van der Waals surface area contributed by atoms with E-state index < -0.39 is 11.6 Å². The van der Waals surface area contributed by atoms with Gasteiger partial charge < -0.3 is 0 Å². The highest BCUT2D eigenvalue weighted by Crippen LogP contribution is 2.22. The second kappa shape index (κ2) is 5.83. The van der Waals surface area contributed by atoms with Gasteiger partial charge in [0.25, 0.3) is 0 Å². The Labute approximate surface area is 123 Å². The first kappa shape index (κ1) is 14.8. The fraction of sp³-hybridized carbons (Fsp3) is 0.286. The lowest BCUT2D eigenvalue weighted by molar-refractivity contribution is 0.0980. The highest BCUT2D eigenvalue weighted by molar-refractivity contribution is 9.10. The van der Waals surface area contributed by atoms with Crippen LogP contribution in [0.5, 0.6) is 0 Å². The molecular formula is C14H13BrF2N2O. The average Bonchev–Trinajstić information content (AvgIpc) is 2.69. The average molecular weight is 343 g/mol. The van der Waals surface area contributed by atoms with Crippen LogP contribution in [0.1, 0.15) is 35.9 Å². The van der Waals surface area contributed by atoms with Crippen molar-refractivity contribution in [3.05, 3.63) is 51.8 Å². The van der Waals surface area contributed by atoms with Crippen LogP contribution in [0.3, 0.4) is 0 Å². The molecule has 20 heavy (non-hydrogen) atoms. The van der Waals surface area contributed by atoms with E-state index in [1.807, 2.05) is 13.8 Å². The third-order valence-corrected chi connectivity index (χ3v) is 3.37. The fourth-order valence-corrected chi connectivity index (χ4v) is 2.47. The first-order chi connectivity index (χ1) is 9.38. The lowest BCUT2D eigenvalue weighted by Gasteiger charge is -2.10. The number of rotatable bonds is 4. The maximum absolute atomic E-state index is 13.1. The Kier molecular flexibility index (Phi) is 4.32. The van der Waals surface area contributed by atoms with Gasteiger partial charge in [-0.25, -0.2) is 8.78 Å². The Hall–Kier alpha value is -1.56. The number of ketones is 1. The van der Waals surface area contributed by atoms with E-state index >= 15 is 0 Å². The van der Waals surface area contributed by atoms with Crippen LogP contribution in [-0.2, 0) is 6.42 Å². The maximum Gasteiger partial charge on any atom is 0.186 e. The van der Waals surface area contributed by atoms with Crippen molar-refractivity contribution in [2.45, 2.75) is 26.3 Å². The molecule has 2 rings (SSSR count). The van der Waals surface area contributed by atoms with Crippen LogP contribution in [0.25, 0.3) is 0 Å². The molecule has 0 atom stereocenters. The van der Waals surface area contributed by atoms with Crippen LogP contribution in [0.4, 0.5) is 8.78 Å². The minimum Gasteiger partial charge on any atom is -0.292 e. The van der Waals surface area contributed by atoms with Crippen molar-refractivity contribution in [1.29, 1.82) is 0 Å². The molecule has 1 aromatic heterocycles. The zero-order valence-electron chi connectivity index (χ0n) is 11.0. The molecule has 0 aliphatic rings. The summed E-state index contributed by atoms with van der Waals surface area (Å²) >= 11 is 3.28. The number of benzene rings is 1. The topological polar surface area (TPSA) is 34.9 Å². The Morgan fingerprint density at radius 2 is 1.90 bits per heavy atom. The number of Topliss-reactive ketones (excluding diaryl/α,β-unsaturated/α-hetero) is 1. The third-order valence-electron chi connectivity index (χ3n) is 2.79. The second-order valence-electron chi connectivity index (χ2n) is 4.76. The molecule has 1 heterocycles. The van der Waals surface area contributed by atoms with Gasteiger partial charge in [0, 0.05) is 18.5 Å². The number of nitrogens with zero attached hydrogens (tertiary/aromatic N) is 2. The number of carbonyl (C=O) groups excluding carboxylic acids is 1. The SMILES string of the molecule is CC(C)n1ncc(Br)c1C(=O)Cc1cc(F)cc(F)c1. The maximum atomic E-state index is 13.1. The molecule has 0 radical (unpaired) electrons.